The fraction of sp³-hybridized carbons (Fsp3) is 0.0909. The number of hydrogen-bond acceptors (Lipinski definition) is 4. The summed E-state index contributed by atoms with van der Waals surface area (Å²) in [6.45, 7) is 0. The second-order valence-electron chi connectivity index (χ2n) is 3.25. The number of anilines is 2. The zero-order valence-electron chi connectivity index (χ0n) is 8.74. The fourth-order valence-electron chi connectivity index (χ4n) is 1.45. The van der Waals surface area contributed by atoms with Crippen LogP contribution in [0.25, 0.3) is 11.1 Å². The van der Waals surface area contributed by atoms with Crippen LogP contribution in [-0.4, -0.2) is 17.0 Å². The van der Waals surface area contributed by atoms with E-state index in [1.54, 1.807) is 25.4 Å². The van der Waals surface area contributed by atoms with Gasteiger partial charge in [0.1, 0.15) is 11.6 Å². The summed E-state index contributed by atoms with van der Waals surface area (Å²) in [6, 6.07) is 6.25. The third kappa shape index (κ3) is 1.93. The third-order valence-electron chi connectivity index (χ3n) is 2.18. The predicted octanol–water partition coefficient (Wildman–Crippen LogP) is 1.91. The van der Waals surface area contributed by atoms with Crippen molar-refractivity contribution >= 4 is 11.8 Å². The lowest BCUT2D eigenvalue weighted by Crippen LogP contribution is -2.01. The second kappa shape index (κ2) is 4.14. The van der Waals surface area contributed by atoms with Crippen LogP contribution >= 0.6 is 0 Å². The molecule has 0 radical (unpaired) electrons. The molecular formula is C11H11FN4. The predicted molar refractivity (Wildman–Crippen MR) is 61.4 cm³/mol. The molecule has 4 nitrogen and oxygen atoms in total. The summed E-state index contributed by atoms with van der Waals surface area (Å²) in [7, 11) is 1.73. The van der Waals surface area contributed by atoms with Gasteiger partial charge in [-0.1, -0.05) is 12.1 Å². The van der Waals surface area contributed by atoms with Crippen LogP contribution in [0.4, 0.5) is 16.2 Å². The minimum absolute atomic E-state index is 0.185. The Morgan fingerprint density at radius 3 is 2.88 bits per heavy atom. The van der Waals surface area contributed by atoms with Gasteiger partial charge in [0.25, 0.3) is 0 Å². The highest BCUT2D eigenvalue weighted by Gasteiger charge is 2.07. The summed E-state index contributed by atoms with van der Waals surface area (Å²) in [5.74, 6) is 0.471. The Morgan fingerprint density at radius 2 is 2.19 bits per heavy atom. The molecule has 0 spiro atoms. The molecular weight excluding hydrogens is 207 g/mol. The standard InChI is InChI=1S/C11H11FN4/c1-14-10-9(6-15-11(13)16-10)7-3-2-4-8(12)5-7/h2-6H,1H3,(H3,13,14,15,16). The number of aromatic nitrogens is 2. The van der Waals surface area contributed by atoms with E-state index in [4.69, 9.17) is 5.73 Å². The molecule has 82 valence electrons. The molecule has 0 unspecified atom stereocenters. The number of nitrogens with zero attached hydrogens (tertiary/aromatic N) is 2. The first-order valence-corrected chi connectivity index (χ1v) is 4.77. The molecule has 2 rings (SSSR count). The van der Waals surface area contributed by atoms with Crippen LogP contribution in [-0.2, 0) is 0 Å². The number of halogens is 1. The van der Waals surface area contributed by atoms with Gasteiger partial charge in [-0.15, -0.1) is 0 Å². The molecule has 1 aromatic heterocycles. The van der Waals surface area contributed by atoms with Gasteiger partial charge in [0, 0.05) is 18.8 Å². The van der Waals surface area contributed by atoms with Crippen LogP contribution in [0.5, 0.6) is 0 Å². The first-order valence-electron chi connectivity index (χ1n) is 4.77. The summed E-state index contributed by atoms with van der Waals surface area (Å²) in [6.07, 6.45) is 1.57. The number of nitrogen functional groups attached to an aromatic ring is 1. The van der Waals surface area contributed by atoms with Crippen molar-refractivity contribution in [2.45, 2.75) is 0 Å². The smallest absolute Gasteiger partial charge is 0.221 e. The SMILES string of the molecule is CNc1nc(N)ncc1-c1cccc(F)c1. The van der Waals surface area contributed by atoms with Crippen LogP contribution < -0.4 is 11.1 Å². The quantitative estimate of drug-likeness (QED) is 0.808. The monoisotopic (exact) mass is 218 g/mol. The van der Waals surface area contributed by atoms with E-state index in [9.17, 15) is 4.39 Å². The molecule has 0 atom stereocenters. The van der Waals surface area contributed by atoms with E-state index in [-0.39, 0.29) is 11.8 Å². The van der Waals surface area contributed by atoms with E-state index < -0.39 is 0 Å². The maximum Gasteiger partial charge on any atom is 0.221 e. The molecule has 0 aliphatic heterocycles. The van der Waals surface area contributed by atoms with Crippen LogP contribution in [0.3, 0.4) is 0 Å². The Kier molecular flexibility index (Phi) is 2.68. The normalized spacial score (nSPS) is 10.1. The first-order chi connectivity index (χ1) is 7.70. The van der Waals surface area contributed by atoms with Gasteiger partial charge >= 0.3 is 0 Å². The number of nitrogens with two attached hydrogens (primary N) is 1. The zero-order chi connectivity index (χ0) is 11.5. The maximum absolute atomic E-state index is 13.1. The molecule has 0 saturated carbocycles. The maximum atomic E-state index is 13.1. The van der Waals surface area contributed by atoms with Gasteiger partial charge < -0.3 is 11.1 Å². The van der Waals surface area contributed by atoms with Crippen molar-refractivity contribution in [3.05, 3.63) is 36.3 Å². The zero-order valence-corrected chi connectivity index (χ0v) is 8.74. The molecule has 1 heterocycles. The third-order valence-corrected chi connectivity index (χ3v) is 2.18. The van der Waals surface area contributed by atoms with E-state index in [2.05, 4.69) is 15.3 Å². The highest BCUT2D eigenvalue weighted by atomic mass is 19.1. The van der Waals surface area contributed by atoms with Crippen LogP contribution in [0.15, 0.2) is 30.5 Å². The van der Waals surface area contributed by atoms with Crippen molar-refractivity contribution in [3.8, 4) is 11.1 Å². The number of hydrogen-bond donors (Lipinski definition) is 2. The Balaban J connectivity index is 2.55. The van der Waals surface area contributed by atoms with Crippen molar-refractivity contribution in [1.82, 2.24) is 9.97 Å². The first kappa shape index (κ1) is 10.4. The molecule has 0 bridgehead atoms. The largest absolute Gasteiger partial charge is 0.372 e. The summed E-state index contributed by atoms with van der Waals surface area (Å²) < 4.78 is 13.1. The molecule has 5 heteroatoms. The molecule has 0 aliphatic carbocycles. The van der Waals surface area contributed by atoms with E-state index in [1.807, 2.05) is 0 Å². The van der Waals surface area contributed by atoms with Crippen LogP contribution in [0.2, 0.25) is 0 Å². The van der Waals surface area contributed by atoms with Crippen molar-refractivity contribution in [2.75, 3.05) is 18.1 Å². The lowest BCUT2D eigenvalue weighted by atomic mass is 10.1. The molecule has 3 N–H and O–H groups in total. The average molecular weight is 218 g/mol. The Hall–Kier alpha value is -2.17. The summed E-state index contributed by atoms with van der Waals surface area (Å²) in [5, 5.41) is 2.90. The van der Waals surface area contributed by atoms with Gasteiger partial charge in [0.05, 0.1) is 0 Å². The lowest BCUT2D eigenvalue weighted by molar-refractivity contribution is 0.628. The Bertz CT molecular complexity index is 513. The van der Waals surface area contributed by atoms with Gasteiger partial charge in [-0.25, -0.2) is 9.37 Å². The van der Waals surface area contributed by atoms with Crippen molar-refractivity contribution in [3.63, 3.8) is 0 Å². The number of nitrogens with one attached hydrogen (secondary N) is 1. The highest BCUT2D eigenvalue weighted by Crippen LogP contribution is 2.26. The Morgan fingerprint density at radius 1 is 1.38 bits per heavy atom. The highest BCUT2D eigenvalue weighted by molar-refractivity contribution is 5.74. The average Bonchev–Trinajstić information content (AvgIpc) is 2.28. The minimum atomic E-state index is -0.295. The Labute approximate surface area is 92.3 Å². The van der Waals surface area contributed by atoms with Crippen molar-refractivity contribution < 1.29 is 4.39 Å². The van der Waals surface area contributed by atoms with Gasteiger partial charge in [-0.2, -0.15) is 4.98 Å². The fourth-order valence-corrected chi connectivity index (χ4v) is 1.45. The molecule has 0 aliphatic rings. The summed E-state index contributed by atoms with van der Waals surface area (Å²) in [5.41, 5.74) is 6.91. The van der Waals surface area contributed by atoms with Gasteiger partial charge in [0.2, 0.25) is 5.95 Å². The summed E-state index contributed by atoms with van der Waals surface area (Å²) in [4.78, 5) is 7.93. The van der Waals surface area contributed by atoms with Crippen LogP contribution in [0.1, 0.15) is 0 Å². The second-order valence-corrected chi connectivity index (χ2v) is 3.25. The van der Waals surface area contributed by atoms with E-state index in [1.165, 1.54) is 12.1 Å². The molecule has 2 aromatic rings. The lowest BCUT2D eigenvalue weighted by Gasteiger charge is -2.08. The van der Waals surface area contributed by atoms with Crippen molar-refractivity contribution in [2.24, 2.45) is 0 Å². The topological polar surface area (TPSA) is 63.8 Å². The molecule has 0 fully saturated rings. The van der Waals surface area contributed by atoms with Crippen LogP contribution in [0, 0.1) is 5.82 Å². The number of rotatable bonds is 2. The minimum Gasteiger partial charge on any atom is -0.372 e. The van der Waals surface area contributed by atoms with E-state index in [0.717, 1.165) is 5.56 Å². The van der Waals surface area contributed by atoms with E-state index >= 15 is 0 Å². The van der Waals surface area contributed by atoms with Gasteiger partial charge in [-0.05, 0) is 17.7 Å². The molecule has 16 heavy (non-hydrogen) atoms. The number of benzene rings is 1. The summed E-state index contributed by atoms with van der Waals surface area (Å²) >= 11 is 0. The van der Waals surface area contributed by atoms with Gasteiger partial charge in [-0.3, -0.25) is 0 Å². The molecule has 0 amide bonds. The van der Waals surface area contributed by atoms with E-state index in [0.29, 0.717) is 11.4 Å². The van der Waals surface area contributed by atoms with Gasteiger partial charge in [0.15, 0.2) is 0 Å². The molecule has 0 saturated heterocycles. The van der Waals surface area contributed by atoms with Crippen molar-refractivity contribution in [1.29, 1.82) is 0 Å². The molecule has 1 aromatic carbocycles.